The standard InChI is InChI=1S/C19H15BrClN5O/c1-10-15(17(22)27)16(11-4-2-6-13(20)8-11)26-19(23-10)24-18(25-26)12-5-3-7-14(21)9-12/h2-9,16H,1H3,(H2,22,27)(H,23,24,25). The number of hydrogen-bond acceptors (Lipinski definition) is 4. The van der Waals surface area contributed by atoms with Crippen molar-refractivity contribution >= 4 is 39.4 Å². The van der Waals surface area contributed by atoms with Gasteiger partial charge in [-0.15, -0.1) is 5.10 Å². The monoisotopic (exact) mass is 443 g/mol. The van der Waals surface area contributed by atoms with Gasteiger partial charge in [-0.3, -0.25) is 4.79 Å². The number of nitrogens with two attached hydrogens (primary N) is 1. The van der Waals surface area contributed by atoms with Crippen molar-refractivity contribution in [3.8, 4) is 11.4 Å². The van der Waals surface area contributed by atoms with Gasteiger partial charge in [0.1, 0.15) is 6.04 Å². The predicted octanol–water partition coefficient (Wildman–Crippen LogP) is 4.14. The number of rotatable bonds is 3. The number of halogens is 2. The maximum Gasteiger partial charge on any atom is 0.248 e. The van der Waals surface area contributed by atoms with Gasteiger partial charge in [-0.05, 0) is 36.8 Å². The quantitative estimate of drug-likeness (QED) is 0.636. The number of nitrogens with one attached hydrogen (secondary N) is 1. The van der Waals surface area contributed by atoms with Crippen molar-refractivity contribution in [1.29, 1.82) is 0 Å². The van der Waals surface area contributed by atoms with Gasteiger partial charge in [-0.2, -0.15) is 4.98 Å². The van der Waals surface area contributed by atoms with E-state index in [1.54, 1.807) is 16.8 Å². The molecule has 3 aromatic rings. The van der Waals surface area contributed by atoms with E-state index in [0.717, 1.165) is 15.6 Å². The molecule has 0 saturated carbocycles. The second-order valence-corrected chi connectivity index (χ2v) is 7.55. The van der Waals surface area contributed by atoms with Crippen molar-refractivity contribution < 1.29 is 4.79 Å². The smallest absolute Gasteiger partial charge is 0.248 e. The van der Waals surface area contributed by atoms with Crippen molar-refractivity contribution in [2.24, 2.45) is 5.73 Å². The molecule has 2 aromatic carbocycles. The van der Waals surface area contributed by atoms with Crippen LogP contribution in [0.3, 0.4) is 0 Å². The number of fused-ring (bicyclic) bond motifs is 1. The zero-order valence-corrected chi connectivity index (χ0v) is 16.6. The lowest BCUT2D eigenvalue weighted by Crippen LogP contribution is -2.31. The van der Waals surface area contributed by atoms with Crippen LogP contribution in [-0.4, -0.2) is 20.7 Å². The van der Waals surface area contributed by atoms with Crippen LogP contribution in [0.5, 0.6) is 0 Å². The van der Waals surface area contributed by atoms with E-state index < -0.39 is 11.9 Å². The Morgan fingerprint density at radius 1 is 1.26 bits per heavy atom. The third kappa shape index (κ3) is 3.24. The van der Waals surface area contributed by atoms with Crippen LogP contribution in [0.2, 0.25) is 5.02 Å². The molecule has 1 unspecified atom stereocenters. The summed E-state index contributed by atoms with van der Waals surface area (Å²) in [7, 11) is 0. The Balaban J connectivity index is 1.90. The third-order valence-corrected chi connectivity index (χ3v) is 5.09. The number of aromatic nitrogens is 3. The first-order valence-electron chi connectivity index (χ1n) is 8.19. The molecule has 4 rings (SSSR count). The molecule has 1 amide bonds. The average Bonchev–Trinajstić information content (AvgIpc) is 3.03. The summed E-state index contributed by atoms with van der Waals surface area (Å²) in [4.78, 5) is 16.8. The molecule has 0 saturated heterocycles. The molecule has 0 bridgehead atoms. The fraction of sp³-hybridized carbons (Fsp3) is 0.105. The number of primary amides is 1. The van der Waals surface area contributed by atoms with Crippen molar-refractivity contribution in [3.63, 3.8) is 0 Å². The van der Waals surface area contributed by atoms with Crippen molar-refractivity contribution in [3.05, 3.63) is 74.9 Å². The minimum absolute atomic E-state index is 0.447. The van der Waals surface area contributed by atoms with Crippen LogP contribution in [0.4, 0.5) is 5.95 Å². The van der Waals surface area contributed by atoms with Gasteiger partial charge >= 0.3 is 0 Å². The Morgan fingerprint density at radius 3 is 2.74 bits per heavy atom. The second kappa shape index (κ2) is 6.83. The molecule has 1 aliphatic heterocycles. The van der Waals surface area contributed by atoms with Crippen molar-refractivity contribution in [1.82, 2.24) is 14.8 Å². The predicted molar refractivity (Wildman–Crippen MR) is 108 cm³/mol. The first-order chi connectivity index (χ1) is 12.9. The first-order valence-corrected chi connectivity index (χ1v) is 9.36. The molecule has 0 fully saturated rings. The lowest BCUT2D eigenvalue weighted by atomic mass is 9.95. The molecule has 136 valence electrons. The van der Waals surface area contributed by atoms with Crippen LogP contribution in [0, 0.1) is 0 Å². The minimum atomic E-state index is -0.504. The normalized spacial score (nSPS) is 16.0. The highest BCUT2D eigenvalue weighted by atomic mass is 79.9. The van der Waals surface area contributed by atoms with E-state index in [1.807, 2.05) is 43.3 Å². The van der Waals surface area contributed by atoms with E-state index in [4.69, 9.17) is 17.3 Å². The Hall–Kier alpha value is -2.64. The summed E-state index contributed by atoms with van der Waals surface area (Å²) in [5.74, 6) is 0.548. The molecular weight excluding hydrogens is 430 g/mol. The number of carbonyl (C=O) groups is 1. The average molecular weight is 445 g/mol. The minimum Gasteiger partial charge on any atom is -0.366 e. The molecule has 6 nitrogen and oxygen atoms in total. The van der Waals surface area contributed by atoms with Crippen LogP contribution in [0.1, 0.15) is 18.5 Å². The Kier molecular flexibility index (Phi) is 4.49. The number of amides is 1. The zero-order chi connectivity index (χ0) is 19.1. The van der Waals surface area contributed by atoms with Crippen LogP contribution < -0.4 is 11.1 Å². The van der Waals surface area contributed by atoms with E-state index in [2.05, 4.69) is 31.3 Å². The fourth-order valence-corrected chi connectivity index (χ4v) is 3.81. The summed E-state index contributed by atoms with van der Waals surface area (Å²) >= 11 is 9.58. The Bertz CT molecular complexity index is 1090. The summed E-state index contributed by atoms with van der Waals surface area (Å²) < 4.78 is 2.59. The number of nitrogens with zero attached hydrogens (tertiary/aromatic N) is 3. The van der Waals surface area contributed by atoms with E-state index in [1.165, 1.54) is 0 Å². The number of anilines is 1. The van der Waals surface area contributed by atoms with Gasteiger partial charge in [0, 0.05) is 20.8 Å². The molecular formula is C19H15BrClN5O. The van der Waals surface area contributed by atoms with Gasteiger partial charge in [0.15, 0.2) is 5.82 Å². The topological polar surface area (TPSA) is 85.8 Å². The highest BCUT2D eigenvalue weighted by Gasteiger charge is 2.33. The first kappa shape index (κ1) is 17.8. The molecule has 1 atom stereocenters. The number of carbonyl (C=O) groups excluding carboxylic acids is 1. The highest BCUT2D eigenvalue weighted by molar-refractivity contribution is 9.10. The summed E-state index contributed by atoms with van der Waals surface area (Å²) in [6.07, 6.45) is 0. The molecule has 1 aliphatic rings. The molecule has 1 aromatic heterocycles. The molecule has 3 N–H and O–H groups in total. The van der Waals surface area contributed by atoms with Gasteiger partial charge in [0.05, 0.1) is 5.57 Å². The number of allylic oxidation sites excluding steroid dienone is 1. The Morgan fingerprint density at radius 2 is 2.04 bits per heavy atom. The maximum absolute atomic E-state index is 12.2. The SMILES string of the molecule is CC1=C(C(N)=O)C(c2cccc(Br)c2)n2nc(-c3cccc(Cl)c3)nc2N1. The molecule has 2 heterocycles. The zero-order valence-electron chi connectivity index (χ0n) is 14.3. The molecule has 8 heteroatoms. The molecule has 0 aliphatic carbocycles. The van der Waals surface area contributed by atoms with E-state index in [-0.39, 0.29) is 0 Å². The number of benzene rings is 2. The summed E-state index contributed by atoms with van der Waals surface area (Å²) in [5.41, 5.74) is 8.46. The largest absolute Gasteiger partial charge is 0.366 e. The van der Waals surface area contributed by atoms with Crippen LogP contribution in [-0.2, 0) is 4.79 Å². The highest BCUT2D eigenvalue weighted by Crippen LogP contribution is 2.36. The summed E-state index contributed by atoms with van der Waals surface area (Å²) in [6, 6.07) is 14.5. The second-order valence-electron chi connectivity index (χ2n) is 6.20. The molecule has 27 heavy (non-hydrogen) atoms. The van der Waals surface area contributed by atoms with E-state index in [0.29, 0.717) is 28.1 Å². The van der Waals surface area contributed by atoms with E-state index >= 15 is 0 Å². The Labute approximate surface area is 169 Å². The lowest BCUT2D eigenvalue weighted by Gasteiger charge is -2.27. The van der Waals surface area contributed by atoms with Crippen molar-refractivity contribution in [2.75, 3.05) is 5.32 Å². The summed E-state index contributed by atoms with van der Waals surface area (Å²) in [6.45, 7) is 1.81. The van der Waals surface area contributed by atoms with Gasteiger partial charge < -0.3 is 11.1 Å². The van der Waals surface area contributed by atoms with Crippen molar-refractivity contribution in [2.45, 2.75) is 13.0 Å². The van der Waals surface area contributed by atoms with E-state index in [9.17, 15) is 4.79 Å². The molecule has 0 spiro atoms. The van der Waals surface area contributed by atoms with Gasteiger partial charge in [0.2, 0.25) is 11.9 Å². The van der Waals surface area contributed by atoms with Crippen LogP contribution >= 0.6 is 27.5 Å². The van der Waals surface area contributed by atoms with Crippen LogP contribution in [0.25, 0.3) is 11.4 Å². The maximum atomic E-state index is 12.2. The lowest BCUT2D eigenvalue weighted by molar-refractivity contribution is -0.115. The van der Waals surface area contributed by atoms with Gasteiger partial charge in [-0.1, -0.05) is 51.8 Å². The van der Waals surface area contributed by atoms with Gasteiger partial charge in [-0.25, -0.2) is 4.68 Å². The number of hydrogen-bond donors (Lipinski definition) is 2. The van der Waals surface area contributed by atoms with Crippen LogP contribution in [0.15, 0.2) is 64.3 Å². The molecule has 0 radical (unpaired) electrons. The third-order valence-electron chi connectivity index (χ3n) is 4.37. The van der Waals surface area contributed by atoms with Gasteiger partial charge in [0.25, 0.3) is 0 Å². The summed E-state index contributed by atoms with van der Waals surface area (Å²) in [5, 5.41) is 8.38. The fourth-order valence-electron chi connectivity index (χ4n) is 3.20.